The molecule has 306 valence electrons. The monoisotopic (exact) mass is 833 g/mol. The maximum atomic E-state index is 14.6. The van der Waals surface area contributed by atoms with Gasteiger partial charge in [0.2, 0.25) is 30.0 Å². The maximum absolute atomic E-state index is 14.6. The Morgan fingerprint density at radius 3 is 2.59 bits per heavy atom. The summed E-state index contributed by atoms with van der Waals surface area (Å²) in [6.07, 6.45) is 2.55. The zero-order valence-electron chi connectivity index (χ0n) is 32.5. The third kappa shape index (κ3) is 6.55. The van der Waals surface area contributed by atoms with Gasteiger partial charge in [-0.3, -0.25) is 24.0 Å². The number of ketones is 2. The first kappa shape index (κ1) is 39.7. The van der Waals surface area contributed by atoms with E-state index in [9.17, 15) is 29.1 Å². The van der Waals surface area contributed by atoms with E-state index in [0.29, 0.717) is 48.9 Å². The Hall–Kier alpha value is -5.15. The number of methoxy groups -OCH3 is 2. The van der Waals surface area contributed by atoms with E-state index in [2.05, 4.69) is 5.32 Å². The van der Waals surface area contributed by atoms with Crippen molar-refractivity contribution in [3.8, 4) is 28.7 Å². The van der Waals surface area contributed by atoms with E-state index in [-0.39, 0.29) is 76.3 Å². The molecule has 0 radical (unpaired) electrons. The molecule has 1 fully saturated rings. The van der Waals surface area contributed by atoms with E-state index < -0.39 is 46.7 Å². The van der Waals surface area contributed by atoms with Crippen molar-refractivity contribution in [3.63, 3.8) is 0 Å². The van der Waals surface area contributed by atoms with Crippen molar-refractivity contribution >= 4 is 46.7 Å². The molecule has 58 heavy (non-hydrogen) atoms. The molecular formula is C42H44ClN3O11S. The predicted molar refractivity (Wildman–Crippen MR) is 214 cm³/mol. The number of nitrogens with zero attached hydrogens (tertiary/aromatic N) is 2. The largest absolute Gasteiger partial charge is 0.507 e. The number of thioether (sulfide) groups is 1. The minimum absolute atomic E-state index is 0.00896. The lowest BCUT2D eigenvalue weighted by Gasteiger charge is -2.43. The Balaban J connectivity index is 1.13. The van der Waals surface area contributed by atoms with Crippen LogP contribution in [0.4, 0.5) is 0 Å². The van der Waals surface area contributed by atoms with Crippen LogP contribution in [0.5, 0.6) is 28.7 Å². The van der Waals surface area contributed by atoms with E-state index in [0.717, 1.165) is 12.1 Å². The number of fused-ring (bicyclic) bond motifs is 6. The Morgan fingerprint density at radius 2 is 1.83 bits per heavy atom. The number of carbonyl (C=O) groups excluding carboxylic acids is 4. The van der Waals surface area contributed by atoms with Crippen LogP contribution in [0.25, 0.3) is 0 Å². The Kier molecular flexibility index (Phi) is 10.6. The number of allylic oxidation sites excluding steroid dienone is 1. The number of aliphatic hydroxyl groups is 1. The molecular weight excluding hydrogens is 790 g/mol. The number of Topliss-reactive ketones (excluding diaryl/α,β-unsaturated/α-hetero) is 2. The lowest BCUT2D eigenvalue weighted by Crippen LogP contribution is -2.55. The topological polar surface area (TPSA) is 172 Å². The second-order valence-electron chi connectivity index (χ2n) is 15.5. The fourth-order valence-electron chi connectivity index (χ4n) is 9.28. The van der Waals surface area contributed by atoms with Crippen LogP contribution in [-0.4, -0.2) is 95.7 Å². The van der Waals surface area contributed by atoms with Gasteiger partial charge in [-0.1, -0.05) is 30.7 Å². The molecule has 14 nitrogen and oxygen atoms in total. The number of nitrogens with one attached hydrogen (secondary N) is 1. The number of carbonyl (C=O) groups is 4. The van der Waals surface area contributed by atoms with Crippen molar-refractivity contribution < 1.29 is 48.0 Å². The maximum Gasteiger partial charge on any atom is 0.250 e. The van der Waals surface area contributed by atoms with Crippen molar-refractivity contribution in [1.29, 1.82) is 0 Å². The normalized spacial score (nSPS) is 23.9. The summed E-state index contributed by atoms with van der Waals surface area (Å²) in [4.78, 5) is 71.9. The van der Waals surface area contributed by atoms with Crippen molar-refractivity contribution in [2.24, 2.45) is 11.8 Å². The molecule has 1 aromatic heterocycles. The molecule has 4 aliphatic heterocycles. The van der Waals surface area contributed by atoms with Crippen LogP contribution in [0.1, 0.15) is 66.1 Å². The molecule has 2 N–H and O–H groups in total. The number of hydrogen-bond acceptors (Lipinski definition) is 12. The van der Waals surface area contributed by atoms with Gasteiger partial charge in [-0.15, -0.1) is 0 Å². The number of hydrogen-bond donors (Lipinski definition) is 2. The molecule has 5 aliphatic rings. The molecule has 8 rings (SSSR count). The number of piperidine rings is 1. The Bertz CT molecular complexity index is 2310. The highest BCUT2D eigenvalue weighted by molar-refractivity contribution is 7.98. The summed E-state index contributed by atoms with van der Waals surface area (Å²) < 4.78 is 30.3. The van der Waals surface area contributed by atoms with Crippen molar-refractivity contribution in [3.05, 3.63) is 86.0 Å². The van der Waals surface area contributed by atoms with Crippen LogP contribution in [0.2, 0.25) is 5.02 Å². The summed E-state index contributed by atoms with van der Waals surface area (Å²) in [7, 11) is 2.78. The molecule has 3 aromatic rings. The number of aliphatic hydroxyl groups excluding tert-OH is 1. The van der Waals surface area contributed by atoms with Crippen molar-refractivity contribution in [2.75, 3.05) is 46.1 Å². The van der Waals surface area contributed by atoms with Crippen LogP contribution >= 0.6 is 23.4 Å². The van der Waals surface area contributed by atoms with Gasteiger partial charge in [0.15, 0.2) is 28.8 Å². The Labute approximate surface area is 343 Å². The minimum Gasteiger partial charge on any atom is -0.507 e. The highest BCUT2D eigenvalue weighted by Crippen LogP contribution is 2.56. The van der Waals surface area contributed by atoms with E-state index in [1.165, 1.54) is 20.3 Å². The summed E-state index contributed by atoms with van der Waals surface area (Å²) >= 11 is 8.21. The van der Waals surface area contributed by atoms with Crippen LogP contribution in [0, 0.1) is 11.8 Å². The summed E-state index contributed by atoms with van der Waals surface area (Å²) in [5.74, 6) is -2.78. The minimum atomic E-state index is -2.08. The number of halogens is 1. The standard InChI is InChI=1S/C42H44ClN3O11S/c1-21-12-28(47)35(39(50)42(21)40(51)36-31(53-2)16-32(54-3)37(43)38(36)57-42)25(23-8-9-29-30(14-23)56-20-55-29)15-33(48)44-26(10-11-58-4)41(52)45-17-22-13-24(19-45)27-6-5-7-34(49)46(27)18-22/h5-9,14,16,21-22,24-26,50H,10-13,15,17-20H2,1-4H3,(H,44,48)/t21?,22-,24+,25?,26?,42?/m1/s1. The van der Waals surface area contributed by atoms with Crippen LogP contribution in [-0.2, 0) is 20.9 Å². The Morgan fingerprint density at radius 1 is 1.05 bits per heavy atom. The SMILES string of the molecule is COc1cc(OC)c2c(c1Cl)OC1(C2=O)C(O)=C(C(CC(=O)NC(CCSC)C(=O)N2C[C@H]3C[C@@H](C2)c2cccc(=O)n2C3)c2ccc3c(c2)OCO3)C(=O)CC1C. The first-order valence-electron chi connectivity index (χ1n) is 19.2. The van der Waals surface area contributed by atoms with Gasteiger partial charge >= 0.3 is 0 Å². The summed E-state index contributed by atoms with van der Waals surface area (Å²) in [6, 6.07) is 10.8. The molecule has 6 atom stereocenters. The fourth-order valence-corrected chi connectivity index (χ4v) is 10.0. The highest BCUT2D eigenvalue weighted by Gasteiger charge is 2.61. The molecule has 1 saturated heterocycles. The summed E-state index contributed by atoms with van der Waals surface area (Å²) in [6.45, 7) is 2.99. The van der Waals surface area contributed by atoms with Gasteiger partial charge in [0, 0.05) is 73.6 Å². The van der Waals surface area contributed by atoms with Crippen molar-refractivity contribution in [2.45, 2.75) is 62.6 Å². The average molecular weight is 834 g/mol. The second kappa shape index (κ2) is 15.6. The van der Waals surface area contributed by atoms with E-state index in [1.807, 2.05) is 12.3 Å². The number of benzene rings is 2. The quantitative estimate of drug-likeness (QED) is 0.264. The second-order valence-corrected chi connectivity index (χ2v) is 16.8. The average Bonchev–Trinajstić information content (AvgIpc) is 3.81. The van der Waals surface area contributed by atoms with E-state index in [1.54, 1.807) is 58.5 Å². The first-order valence-corrected chi connectivity index (χ1v) is 21.0. The number of amides is 2. The highest BCUT2D eigenvalue weighted by atomic mass is 35.5. The van der Waals surface area contributed by atoms with Gasteiger partial charge in [0.25, 0.3) is 5.56 Å². The van der Waals surface area contributed by atoms with Gasteiger partial charge in [-0.25, -0.2) is 0 Å². The number of pyridine rings is 1. The number of ether oxygens (including phenoxy) is 5. The number of rotatable bonds is 11. The molecule has 4 unspecified atom stereocenters. The van der Waals surface area contributed by atoms with Gasteiger partial charge in [-0.05, 0) is 54.5 Å². The molecule has 5 heterocycles. The lowest BCUT2D eigenvalue weighted by atomic mass is 9.69. The predicted octanol–water partition coefficient (Wildman–Crippen LogP) is 5.04. The zero-order valence-corrected chi connectivity index (χ0v) is 34.1. The van der Waals surface area contributed by atoms with Crippen LogP contribution < -0.4 is 34.6 Å². The summed E-state index contributed by atoms with van der Waals surface area (Å²) in [5.41, 5.74) is -0.978. The van der Waals surface area contributed by atoms with Gasteiger partial charge in [0.1, 0.15) is 28.1 Å². The third-order valence-corrected chi connectivity index (χ3v) is 13.1. The first-order chi connectivity index (χ1) is 27.9. The zero-order chi connectivity index (χ0) is 41.0. The molecule has 2 aromatic carbocycles. The van der Waals surface area contributed by atoms with Crippen LogP contribution in [0.15, 0.2) is 58.6 Å². The van der Waals surface area contributed by atoms with Gasteiger partial charge < -0.3 is 43.6 Å². The van der Waals surface area contributed by atoms with Gasteiger partial charge in [0.05, 0.1) is 14.2 Å². The molecule has 16 heteroatoms. The molecule has 0 saturated carbocycles. The third-order valence-electron chi connectivity index (χ3n) is 12.1. The van der Waals surface area contributed by atoms with E-state index >= 15 is 0 Å². The molecule has 1 spiro atoms. The number of likely N-dealkylation sites (tertiary alicyclic amines) is 1. The van der Waals surface area contributed by atoms with Crippen LogP contribution in [0.3, 0.4) is 0 Å². The molecule has 1 aliphatic carbocycles. The van der Waals surface area contributed by atoms with Crippen molar-refractivity contribution in [1.82, 2.24) is 14.8 Å². The molecule has 2 bridgehead atoms. The van der Waals surface area contributed by atoms with Gasteiger partial charge in [-0.2, -0.15) is 11.8 Å². The van der Waals surface area contributed by atoms with E-state index in [4.69, 9.17) is 35.3 Å². The smallest absolute Gasteiger partial charge is 0.250 e. The summed E-state index contributed by atoms with van der Waals surface area (Å²) in [5, 5.41) is 15.3. The number of aromatic nitrogens is 1. The molecule has 2 amide bonds. The lowest BCUT2D eigenvalue weighted by molar-refractivity contribution is -0.139. The fraction of sp³-hybridized carbons (Fsp3) is 0.452.